The molecular formula is C14H26ClNO2. The molecule has 0 bridgehead atoms. The molecule has 1 N–H and O–H groups in total. The summed E-state index contributed by atoms with van der Waals surface area (Å²) in [5, 5.41) is 2.97. The molecule has 1 atom stereocenters. The molecule has 1 aliphatic carbocycles. The summed E-state index contributed by atoms with van der Waals surface area (Å²) in [6.45, 7) is 4.84. The van der Waals surface area contributed by atoms with Crippen molar-refractivity contribution in [2.45, 2.75) is 63.4 Å². The number of amides is 1. The molecule has 0 spiro atoms. The molecule has 0 radical (unpaired) electrons. The highest BCUT2D eigenvalue weighted by Crippen LogP contribution is 2.37. The lowest BCUT2D eigenvalue weighted by atomic mass is 9.77. The number of carbonyl (C=O) groups is 1. The zero-order chi connectivity index (χ0) is 13.6. The fourth-order valence-electron chi connectivity index (χ4n) is 2.56. The van der Waals surface area contributed by atoms with Gasteiger partial charge in [-0.1, -0.05) is 26.7 Å². The third kappa shape index (κ3) is 4.13. The standard InChI is InChI=1S/C14H26ClNO2/c1-4-11(5-2)12(15)10-16-13(17)9-14(18-3)7-6-8-14/h11-12H,4-10H2,1-3H3,(H,16,17). The second-order valence-corrected chi connectivity index (χ2v) is 5.87. The summed E-state index contributed by atoms with van der Waals surface area (Å²) in [5.74, 6) is 0.542. The van der Waals surface area contributed by atoms with Gasteiger partial charge in [0, 0.05) is 13.7 Å². The van der Waals surface area contributed by atoms with E-state index in [0.29, 0.717) is 18.9 Å². The van der Waals surface area contributed by atoms with Crippen molar-refractivity contribution in [3.05, 3.63) is 0 Å². The van der Waals surface area contributed by atoms with Gasteiger partial charge in [0.2, 0.25) is 5.91 Å². The van der Waals surface area contributed by atoms with Gasteiger partial charge in [0.05, 0.1) is 17.4 Å². The number of methoxy groups -OCH3 is 1. The molecule has 3 nitrogen and oxygen atoms in total. The van der Waals surface area contributed by atoms with E-state index in [1.807, 2.05) is 0 Å². The Hall–Kier alpha value is -0.280. The highest BCUT2D eigenvalue weighted by atomic mass is 35.5. The lowest BCUT2D eigenvalue weighted by Gasteiger charge is -2.40. The van der Waals surface area contributed by atoms with E-state index in [1.54, 1.807) is 7.11 Å². The zero-order valence-corrected chi connectivity index (χ0v) is 12.6. The number of nitrogens with one attached hydrogen (secondary N) is 1. The van der Waals surface area contributed by atoms with Gasteiger partial charge in [-0.05, 0) is 25.2 Å². The van der Waals surface area contributed by atoms with E-state index in [2.05, 4.69) is 19.2 Å². The van der Waals surface area contributed by atoms with Crippen molar-refractivity contribution in [1.29, 1.82) is 0 Å². The number of alkyl halides is 1. The number of hydrogen-bond donors (Lipinski definition) is 1. The van der Waals surface area contributed by atoms with E-state index in [-0.39, 0.29) is 16.9 Å². The molecule has 0 aliphatic heterocycles. The Morgan fingerprint density at radius 3 is 2.39 bits per heavy atom. The first-order valence-corrected chi connectivity index (χ1v) is 7.46. The van der Waals surface area contributed by atoms with Crippen LogP contribution in [0.25, 0.3) is 0 Å². The van der Waals surface area contributed by atoms with Gasteiger partial charge in [0.25, 0.3) is 0 Å². The highest BCUT2D eigenvalue weighted by Gasteiger charge is 2.38. The minimum absolute atomic E-state index is 0.0313. The summed E-state index contributed by atoms with van der Waals surface area (Å²) in [6, 6.07) is 0. The Morgan fingerprint density at radius 2 is 2.00 bits per heavy atom. The zero-order valence-electron chi connectivity index (χ0n) is 11.8. The van der Waals surface area contributed by atoms with Crippen LogP contribution in [0.4, 0.5) is 0 Å². The number of ether oxygens (including phenoxy) is 1. The van der Waals surface area contributed by atoms with E-state index in [0.717, 1.165) is 32.1 Å². The Balaban J connectivity index is 2.28. The minimum Gasteiger partial charge on any atom is -0.378 e. The van der Waals surface area contributed by atoms with Crippen molar-refractivity contribution >= 4 is 17.5 Å². The Bertz CT molecular complexity index is 257. The van der Waals surface area contributed by atoms with Crippen LogP contribution in [-0.4, -0.2) is 30.5 Å². The summed E-state index contributed by atoms with van der Waals surface area (Å²) in [6.07, 6.45) is 5.73. The smallest absolute Gasteiger partial charge is 0.222 e. The number of carbonyl (C=O) groups excluding carboxylic acids is 1. The Labute approximate surface area is 116 Å². The second-order valence-electron chi connectivity index (χ2n) is 5.31. The fraction of sp³-hybridized carbons (Fsp3) is 0.929. The van der Waals surface area contributed by atoms with E-state index in [9.17, 15) is 4.79 Å². The molecule has 1 unspecified atom stereocenters. The first kappa shape index (κ1) is 15.8. The third-order valence-corrected chi connectivity index (χ3v) is 4.75. The van der Waals surface area contributed by atoms with Crippen LogP contribution in [-0.2, 0) is 9.53 Å². The van der Waals surface area contributed by atoms with Crippen LogP contribution in [0.2, 0.25) is 0 Å². The van der Waals surface area contributed by atoms with Crippen molar-refractivity contribution in [1.82, 2.24) is 5.32 Å². The lowest BCUT2D eigenvalue weighted by molar-refractivity contribution is -0.134. The Morgan fingerprint density at radius 1 is 1.39 bits per heavy atom. The van der Waals surface area contributed by atoms with Crippen LogP contribution in [0.3, 0.4) is 0 Å². The predicted octanol–water partition coefficient (Wildman–Crippen LogP) is 3.11. The molecule has 0 saturated heterocycles. The van der Waals surface area contributed by atoms with Crippen molar-refractivity contribution in [2.75, 3.05) is 13.7 Å². The molecule has 4 heteroatoms. The van der Waals surface area contributed by atoms with Gasteiger partial charge in [-0.2, -0.15) is 0 Å². The van der Waals surface area contributed by atoms with Gasteiger partial charge < -0.3 is 10.1 Å². The van der Waals surface area contributed by atoms with E-state index in [1.165, 1.54) is 0 Å². The van der Waals surface area contributed by atoms with E-state index >= 15 is 0 Å². The molecule has 1 rings (SSSR count). The van der Waals surface area contributed by atoms with Crippen LogP contribution in [0.5, 0.6) is 0 Å². The second kappa shape index (κ2) is 7.34. The fourth-order valence-corrected chi connectivity index (χ4v) is 2.99. The monoisotopic (exact) mass is 275 g/mol. The quantitative estimate of drug-likeness (QED) is 0.691. The summed E-state index contributed by atoms with van der Waals surface area (Å²) in [4.78, 5) is 11.9. The van der Waals surface area contributed by atoms with Crippen molar-refractivity contribution in [3.8, 4) is 0 Å². The molecular weight excluding hydrogens is 250 g/mol. The van der Waals surface area contributed by atoms with Gasteiger partial charge in [-0.15, -0.1) is 11.6 Å². The average molecular weight is 276 g/mol. The van der Waals surface area contributed by atoms with Crippen LogP contribution in [0.15, 0.2) is 0 Å². The molecule has 18 heavy (non-hydrogen) atoms. The Kier molecular flexibility index (Phi) is 6.44. The van der Waals surface area contributed by atoms with Crippen LogP contribution < -0.4 is 5.32 Å². The topological polar surface area (TPSA) is 38.3 Å². The summed E-state index contributed by atoms with van der Waals surface area (Å²) in [5.41, 5.74) is -0.194. The normalized spacial score (nSPS) is 19.4. The van der Waals surface area contributed by atoms with Gasteiger partial charge in [-0.3, -0.25) is 4.79 Å². The maximum Gasteiger partial charge on any atom is 0.222 e. The van der Waals surface area contributed by atoms with Crippen molar-refractivity contribution in [2.24, 2.45) is 5.92 Å². The van der Waals surface area contributed by atoms with Crippen molar-refractivity contribution in [3.63, 3.8) is 0 Å². The molecule has 0 aromatic carbocycles. The first-order chi connectivity index (χ1) is 8.56. The first-order valence-electron chi connectivity index (χ1n) is 7.02. The molecule has 1 aliphatic rings. The molecule has 1 amide bonds. The summed E-state index contributed by atoms with van der Waals surface area (Å²) < 4.78 is 5.45. The number of halogens is 1. The van der Waals surface area contributed by atoms with E-state index < -0.39 is 0 Å². The van der Waals surface area contributed by atoms with Crippen LogP contribution >= 0.6 is 11.6 Å². The average Bonchev–Trinajstić information content (AvgIpc) is 2.33. The highest BCUT2D eigenvalue weighted by molar-refractivity contribution is 6.21. The predicted molar refractivity (Wildman–Crippen MR) is 74.9 cm³/mol. The van der Waals surface area contributed by atoms with Crippen LogP contribution in [0.1, 0.15) is 52.4 Å². The SMILES string of the molecule is CCC(CC)C(Cl)CNC(=O)CC1(OC)CCC1. The maximum atomic E-state index is 11.9. The summed E-state index contributed by atoms with van der Waals surface area (Å²) >= 11 is 6.30. The molecule has 0 aromatic heterocycles. The number of rotatable bonds is 8. The molecule has 1 fully saturated rings. The van der Waals surface area contributed by atoms with Gasteiger partial charge >= 0.3 is 0 Å². The molecule has 106 valence electrons. The third-order valence-electron chi connectivity index (χ3n) is 4.24. The molecule has 1 saturated carbocycles. The van der Waals surface area contributed by atoms with Gasteiger partial charge in [0.15, 0.2) is 0 Å². The van der Waals surface area contributed by atoms with Gasteiger partial charge in [0.1, 0.15) is 0 Å². The van der Waals surface area contributed by atoms with Crippen molar-refractivity contribution < 1.29 is 9.53 Å². The lowest BCUT2D eigenvalue weighted by Crippen LogP contribution is -2.45. The van der Waals surface area contributed by atoms with Gasteiger partial charge in [-0.25, -0.2) is 0 Å². The molecule has 0 heterocycles. The maximum absolute atomic E-state index is 11.9. The largest absolute Gasteiger partial charge is 0.378 e. The minimum atomic E-state index is -0.194. The van der Waals surface area contributed by atoms with Crippen LogP contribution in [0, 0.1) is 5.92 Å². The van der Waals surface area contributed by atoms with E-state index in [4.69, 9.17) is 16.3 Å². The summed E-state index contributed by atoms with van der Waals surface area (Å²) in [7, 11) is 1.70. The number of hydrogen-bond acceptors (Lipinski definition) is 2. The molecule has 0 aromatic rings.